The third-order valence-electron chi connectivity index (χ3n) is 3.15. The quantitative estimate of drug-likeness (QED) is 0.863. The summed E-state index contributed by atoms with van der Waals surface area (Å²) in [6, 6.07) is 9.51. The zero-order valence-electron chi connectivity index (χ0n) is 10.6. The minimum atomic E-state index is -0.356. The minimum absolute atomic E-state index is 0.232. The summed E-state index contributed by atoms with van der Waals surface area (Å²) in [5, 5.41) is 12.5. The molecule has 1 fully saturated rings. The molecule has 1 aromatic rings. The van der Waals surface area contributed by atoms with E-state index in [0.717, 1.165) is 30.8 Å². The molecule has 1 N–H and O–H groups in total. The van der Waals surface area contributed by atoms with E-state index in [1.807, 2.05) is 24.3 Å². The standard InChI is InChI=1S/C14H18N2O2/c1-17-14-7-3-2-6-12(14)13(9-15)16-10-11-5-4-8-18-11/h2-3,6-7,11,13,16H,4-5,8,10H2,1H3. The van der Waals surface area contributed by atoms with Gasteiger partial charge in [-0.25, -0.2) is 0 Å². The highest BCUT2D eigenvalue weighted by Crippen LogP contribution is 2.24. The Hall–Kier alpha value is -1.57. The highest BCUT2D eigenvalue weighted by molar-refractivity contribution is 5.38. The van der Waals surface area contributed by atoms with Gasteiger partial charge in [-0.05, 0) is 18.9 Å². The van der Waals surface area contributed by atoms with Crippen LogP contribution in [-0.4, -0.2) is 26.4 Å². The molecule has 2 unspecified atom stereocenters. The summed E-state index contributed by atoms with van der Waals surface area (Å²) in [5.41, 5.74) is 0.875. The van der Waals surface area contributed by atoms with Crippen molar-refractivity contribution in [2.24, 2.45) is 0 Å². The normalized spacial score (nSPS) is 20.3. The topological polar surface area (TPSA) is 54.3 Å². The van der Waals surface area contributed by atoms with Gasteiger partial charge in [0.05, 0.1) is 19.3 Å². The highest BCUT2D eigenvalue weighted by Gasteiger charge is 2.19. The Morgan fingerprint density at radius 3 is 3.06 bits per heavy atom. The number of nitriles is 1. The second-order valence-corrected chi connectivity index (χ2v) is 4.35. The van der Waals surface area contributed by atoms with Crippen molar-refractivity contribution in [1.29, 1.82) is 5.26 Å². The molecular weight excluding hydrogens is 228 g/mol. The van der Waals surface area contributed by atoms with Crippen molar-refractivity contribution in [3.8, 4) is 11.8 Å². The number of hydrogen-bond donors (Lipinski definition) is 1. The van der Waals surface area contributed by atoms with Crippen LogP contribution in [0.25, 0.3) is 0 Å². The highest BCUT2D eigenvalue weighted by atomic mass is 16.5. The third kappa shape index (κ3) is 3.00. The first-order valence-corrected chi connectivity index (χ1v) is 6.22. The molecule has 1 saturated heterocycles. The fourth-order valence-electron chi connectivity index (χ4n) is 2.18. The summed E-state index contributed by atoms with van der Waals surface area (Å²) in [4.78, 5) is 0. The van der Waals surface area contributed by atoms with E-state index in [1.54, 1.807) is 7.11 Å². The zero-order valence-corrected chi connectivity index (χ0v) is 10.6. The number of rotatable bonds is 5. The van der Waals surface area contributed by atoms with E-state index in [0.29, 0.717) is 6.54 Å². The molecular formula is C14H18N2O2. The summed E-state index contributed by atoms with van der Waals surface area (Å²) in [5.74, 6) is 0.740. The Labute approximate surface area is 108 Å². The number of benzene rings is 1. The summed E-state index contributed by atoms with van der Waals surface area (Å²) in [6.45, 7) is 1.54. The van der Waals surface area contributed by atoms with Gasteiger partial charge in [-0.15, -0.1) is 0 Å². The number of ether oxygens (including phenoxy) is 2. The maximum Gasteiger partial charge on any atom is 0.125 e. The van der Waals surface area contributed by atoms with Gasteiger partial charge in [0.25, 0.3) is 0 Å². The van der Waals surface area contributed by atoms with Gasteiger partial charge >= 0.3 is 0 Å². The molecule has 18 heavy (non-hydrogen) atoms. The maximum atomic E-state index is 9.26. The average Bonchev–Trinajstić information content (AvgIpc) is 2.93. The lowest BCUT2D eigenvalue weighted by molar-refractivity contribution is 0.109. The van der Waals surface area contributed by atoms with Crippen LogP contribution in [0.1, 0.15) is 24.4 Å². The van der Waals surface area contributed by atoms with Crippen molar-refractivity contribution in [3.05, 3.63) is 29.8 Å². The van der Waals surface area contributed by atoms with Crippen LogP contribution < -0.4 is 10.1 Å². The summed E-state index contributed by atoms with van der Waals surface area (Å²) in [7, 11) is 1.62. The predicted octanol–water partition coefficient (Wildman–Crippen LogP) is 2.03. The molecule has 0 radical (unpaired) electrons. The van der Waals surface area contributed by atoms with Crippen LogP contribution in [-0.2, 0) is 4.74 Å². The Bertz CT molecular complexity index is 422. The first-order valence-electron chi connectivity index (χ1n) is 6.22. The predicted molar refractivity (Wildman–Crippen MR) is 68.3 cm³/mol. The van der Waals surface area contributed by atoms with Gasteiger partial charge < -0.3 is 9.47 Å². The molecule has 96 valence electrons. The molecule has 0 aromatic heterocycles. The fourth-order valence-corrected chi connectivity index (χ4v) is 2.18. The van der Waals surface area contributed by atoms with Gasteiger partial charge in [-0.2, -0.15) is 5.26 Å². The van der Waals surface area contributed by atoms with Crippen LogP contribution in [0.4, 0.5) is 0 Å². The molecule has 0 saturated carbocycles. The minimum Gasteiger partial charge on any atom is -0.496 e. The van der Waals surface area contributed by atoms with Crippen molar-refractivity contribution >= 4 is 0 Å². The number of hydrogen-bond acceptors (Lipinski definition) is 4. The first-order chi connectivity index (χ1) is 8.85. The van der Waals surface area contributed by atoms with Crippen molar-refractivity contribution in [2.75, 3.05) is 20.3 Å². The van der Waals surface area contributed by atoms with Crippen LogP contribution in [0.3, 0.4) is 0 Å². The average molecular weight is 246 g/mol. The van der Waals surface area contributed by atoms with Crippen molar-refractivity contribution in [3.63, 3.8) is 0 Å². The molecule has 2 rings (SSSR count). The van der Waals surface area contributed by atoms with E-state index >= 15 is 0 Å². The molecule has 0 bridgehead atoms. The van der Waals surface area contributed by atoms with E-state index in [-0.39, 0.29) is 12.1 Å². The number of para-hydroxylation sites is 1. The van der Waals surface area contributed by atoms with Gasteiger partial charge in [-0.1, -0.05) is 18.2 Å². The molecule has 1 aliphatic rings. The second kappa shape index (κ2) is 6.39. The summed E-state index contributed by atoms with van der Waals surface area (Å²) >= 11 is 0. The van der Waals surface area contributed by atoms with E-state index < -0.39 is 0 Å². The monoisotopic (exact) mass is 246 g/mol. The smallest absolute Gasteiger partial charge is 0.125 e. The van der Waals surface area contributed by atoms with Crippen LogP contribution in [0.5, 0.6) is 5.75 Å². The van der Waals surface area contributed by atoms with Crippen molar-refractivity contribution in [2.45, 2.75) is 25.0 Å². The molecule has 1 aromatic carbocycles. The van der Waals surface area contributed by atoms with Crippen LogP contribution in [0.15, 0.2) is 24.3 Å². The van der Waals surface area contributed by atoms with E-state index in [1.165, 1.54) is 0 Å². The molecule has 0 amide bonds. The second-order valence-electron chi connectivity index (χ2n) is 4.35. The molecule has 1 aliphatic heterocycles. The maximum absolute atomic E-state index is 9.26. The zero-order chi connectivity index (χ0) is 12.8. The van der Waals surface area contributed by atoms with Gasteiger partial charge in [0.1, 0.15) is 11.8 Å². The number of methoxy groups -OCH3 is 1. The molecule has 4 nitrogen and oxygen atoms in total. The number of nitrogens with zero attached hydrogens (tertiary/aromatic N) is 1. The molecule has 0 spiro atoms. The Balaban J connectivity index is 2.01. The Morgan fingerprint density at radius 2 is 2.39 bits per heavy atom. The lowest BCUT2D eigenvalue weighted by Gasteiger charge is -2.17. The first kappa shape index (κ1) is 12.9. The molecule has 1 heterocycles. The molecule has 0 aliphatic carbocycles. The van der Waals surface area contributed by atoms with Crippen molar-refractivity contribution < 1.29 is 9.47 Å². The fraction of sp³-hybridized carbons (Fsp3) is 0.500. The van der Waals surface area contributed by atoms with Gasteiger partial charge in [0.15, 0.2) is 0 Å². The Morgan fingerprint density at radius 1 is 1.56 bits per heavy atom. The van der Waals surface area contributed by atoms with Gasteiger partial charge in [0.2, 0.25) is 0 Å². The van der Waals surface area contributed by atoms with E-state index in [4.69, 9.17) is 9.47 Å². The Kier molecular flexibility index (Phi) is 4.57. The largest absolute Gasteiger partial charge is 0.496 e. The van der Waals surface area contributed by atoms with Crippen molar-refractivity contribution in [1.82, 2.24) is 5.32 Å². The SMILES string of the molecule is COc1ccccc1C(C#N)NCC1CCCO1. The number of nitrogens with one attached hydrogen (secondary N) is 1. The molecule has 4 heteroatoms. The van der Waals surface area contributed by atoms with Crippen LogP contribution >= 0.6 is 0 Å². The van der Waals surface area contributed by atoms with Gasteiger partial charge in [0, 0.05) is 18.7 Å². The lowest BCUT2D eigenvalue weighted by atomic mass is 10.1. The third-order valence-corrected chi connectivity index (χ3v) is 3.15. The van der Waals surface area contributed by atoms with E-state index in [2.05, 4.69) is 11.4 Å². The summed E-state index contributed by atoms with van der Waals surface area (Å²) in [6.07, 6.45) is 2.41. The van der Waals surface area contributed by atoms with Crippen LogP contribution in [0.2, 0.25) is 0 Å². The van der Waals surface area contributed by atoms with E-state index in [9.17, 15) is 5.26 Å². The molecule has 2 atom stereocenters. The van der Waals surface area contributed by atoms with Crippen LogP contribution in [0, 0.1) is 11.3 Å². The van der Waals surface area contributed by atoms with Gasteiger partial charge in [-0.3, -0.25) is 5.32 Å². The summed E-state index contributed by atoms with van der Waals surface area (Å²) < 4.78 is 10.8. The lowest BCUT2D eigenvalue weighted by Crippen LogP contribution is -2.29.